The Kier molecular flexibility index (Phi) is 3.45. The molecule has 0 aliphatic rings. The molecule has 0 fully saturated rings. The van der Waals surface area contributed by atoms with Crippen LogP contribution in [-0.4, -0.2) is 29.7 Å². The van der Waals surface area contributed by atoms with E-state index in [1.165, 1.54) is 0 Å². The van der Waals surface area contributed by atoms with Crippen molar-refractivity contribution < 1.29 is 9.47 Å². The second-order valence-electron chi connectivity index (χ2n) is 2.69. The molecule has 0 amide bonds. The van der Waals surface area contributed by atoms with E-state index < -0.39 is 0 Å². The molecule has 0 aliphatic carbocycles. The summed E-state index contributed by atoms with van der Waals surface area (Å²) in [4.78, 5) is 7.82. The first-order chi connectivity index (χ1) is 6.22. The Bertz CT molecular complexity index is 248. The topological polar surface area (TPSA) is 70.3 Å². The van der Waals surface area contributed by atoms with Crippen molar-refractivity contribution in [1.82, 2.24) is 9.97 Å². The van der Waals surface area contributed by atoms with E-state index in [4.69, 9.17) is 15.2 Å². The van der Waals surface area contributed by atoms with Crippen molar-refractivity contribution in [3.05, 3.63) is 12.4 Å². The van der Waals surface area contributed by atoms with E-state index in [0.717, 1.165) is 0 Å². The molecule has 0 aliphatic heterocycles. The highest BCUT2D eigenvalue weighted by atomic mass is 16.5. The first-order valence-electron chi connectivity index (χ1n) is 3.97. The van der Waals surface area contributed by atoms with Gasteiger partial charge in [-0.3, -0.25) is 0 Å². The van der Waals surface area contributed by atoms with Crippen LogP contribution in [0, 0.1) is 0 Å². The molecule has 2 N–H and O–H groups in total. The SMILES string of the molecule is COc1cnc(OCC(C)N)nc1. The van der Waals surface area contributed by atoms with Crippen molar-refractivity contribution in [3.8, 4) is 11.8 Å². The normalized spacial score (nSPS) is 12.2. The van der Waals surface area contributed by atoms with Gasteiger partial charge >= 0.3 is 6.01 Å². The third-order valence-corrected chi connectivity index (χ3v) is 1.32. The summed E-state index contributed by atoms with van der Waals surface area (Å²) in [6.45, 7) is 2.26. The smallest absolute Gasteiger partial charge is 0.316 e. The van der Waals surface area contributed by atoms with Gasteiger partial charge in [0.15, 0.2) is 5.75 Å². The number of aromatic nitrogens is 2. The largest absolute Gasteiger partial charge is 0.494 e. The fourth-order valence-corrected chi connectivity index (χ4v) is 0.690. The maximum Gasteiger partial charge on any atom is 0.316 e. The second kappa shape index (κ2) is 4.61. The minimum absolute atomic E-state index is 0.0225. The summed E-state index contributed by atoms with van der Waals surface area (Å²) in [5.41, 5.74) is 5.49. The van der Waals surface area contributed by atoms with E-state index in [9.17, 15) is 0 Å². The molecule has 5 heteroatoms. The van der Waals surface area contributed by atoms with Gasteiger partial charge in [0.1, 0.15) is 6.61 Å². The van der Waals surface area contributed by atoms with Gasteiger partial charge in [-0.2, -0.15) is 9.97 Å². The van der Waals surface area contributed by atoms with E-state index in [1.807, 2.05) is 6.92 Å². The van der Waals surface area contributed by atoms with E-state index in [2.05, 4.69) is 9.97 Å². The van der Waals surface area contributed by atoms with Gasteiger partial charge in [0, 0.05) is 6.04 Å². The second-order valence-corrected chi connectivity index (χ2v) is 2.69. The zero-order valence-electron chi connectivity index (χ0n) is 7.73. The fraction of sp³-hybridized carbons (Fsp3) is 0.500. The van der Waals surface area contributed by atoms with Crippen LogP contribution in [0.25, 0.3) is 0 Å². The summed E-state index contributed by atoms with van der Waals surface area (Å²) in [6.07, 6.45) is 3.09. The Morgan fingerprint density at radius 1 is 1.46 bits per heavy atom. The van der Waals surface area contributed by atoms with Gasteiger partial charge in [-0.15, -0.1) is 0 Å². The maximum absolute atomic E-state index is 5.49. The highest BCUT2D eigenvalue weighted by molar-refractivity contribution is 5.13. The van der Waals surface area contributed by atoms with E-state index >= 15 is 0 Å². The van der Waals surface area contributed by atoms with Gasteiger partial charge in [-0.05, 0) is 6.92 Å². The quantitative estimate of drug-likeness (QED) is 0.722. The molecule has 5 nitrogen and oxygen atoms in total. The predicted molar refractivity (Wildman–Crippen MR) is 47.7 cm³/mol. The number of nitrogens with zero attached hydrogens (tertiary/aromatic N) is 2. The molecule has 1 heterocycles. The number of hydrogen-bond donors (Lipinski definition) is 1. The molecule has 0 spiro atoms. The lowest BCUT2D eigenvalue weighted by Gasteiger charge is -2.06. The molecule has 1 atom stereocenters. The molecule has 0 aromatic carbocycles. The molecular weight excluding hydrogens is 170 g/mol. The minimum Gasteiger partial charge on any atom is -0.494 e. The average Bonchev–Trinajstić information content (AvgIpc) is 2.15. The molecule has 0 saturated carbocycles. The standard InChI is InChI=1S/C8H13N3O2/c1-6(9)5-13-8-10-3-7(12-2)4-11-8/h3-4,6H,5,9H2,1-2H3. The van der Waals surface area contributed by atoms with Crippen LogP contribution in [0.4, 0.5) is 0 Å². The summed E-state index contributed by atoms with van der Waals surface area (Å²) in [6, 6.07) is 0.295. The molecule has 1 unspecified atom stereocenters. The summed E-state index contributed by atoms with van der Waals surface area (Å²) < 4.78 is 10.1. The zero-order valence-corrected chi connectivity index (χ0v) is 7.73. The first kappa shape index (κ1) is 9.73. The Labute approximate surface area is 76.9 Å². The van der Waals surface area contributed by atoms with Gasteiger partial charge in [-0.1, -0.05) is 0 Å². The van der Waals surface area contributed by atoms with E-state index in [0.29, 0.717) is 18.4 Å². The monoisotopic (exact) mass is 183 g/mol. The molecule has 1 rings (SSSR count). The highest BCUT2D eigenvalue weighted by Gasteiger charge is 1.99. The van der Waals surface area contributed by atoms with Crippen molar-refractivity contribution in [2.45, 2.75) is 13.0 Å². The van der Waals surface area contributed by atoms with Crippen molar-refractivity contribution in [2.24, 2.45) is 5.73 Å². The summed E-state index contributed by atoms with van der Waals surface area (Å²) in [5, 5.41) is 0. The van der Waals surface area contributed by atoms with Crippen LogP contribution in [0.2, 0.25) is 0 Å². The van der Waals surface area contributed by atoms with Crippen LogP contribution in [0.3, 0.4) is 0 Å². The molecule has 1 aromatic heterocycles. The van der Waals surface area contributed by atoms with Crippen LogP contribution in [0.5, 0.6) is 11.8 Å². The maximum atomic E-state index is 5.49. The summed E-state index contributed by atoms with van der Waals surface area (Å²) in [5.74, 6) is 0.605. The third kappa shape index (κ3) is 3.25. The number of hydrogen-bond acceptors (Lipinski definition) is 5. The van der Waals surface area contributed by atoms with E-state index in [1.54, 1.807) is 19.5 Å². The van der Waals surface area contributed by atoms with Crippen molar-refractivity contribution >= 4 is 0 Å². The summed E-state index contributed by atoms with van der Waals surface area (Å²) >= 11 is 0. The van der Waals surface area contributed by atoms with Crippen LogP contribution >= 0.6 is 0 Å². The Morgan fingerprint density at radius 3 is 2.54 bits per heavy atom. The molecule has 0 bridgehead atoms. The lowest BCUT2D eigenvalue weighted by molar-refractivity contribution is 0.272. The molecular formula is C8H13N3O2. The molecule has 1 aromatic rings. The van der Waals surface area contributed by atoms with Gasteiger partial charge in [0.05, 0.1) is 19.5 Å². The zero-order chi connectivity index (χ0) is 9.68. The number of rotatable bonds is 4. The molecule has 0 radical (unpaired) electrons. The Hall–Kier alpha value is -1.36. The Morgan fingerprint density at radius 2 is 2.08 bits per heavy atom. The van der Waals surface area contributed by atoms with Crippen LogP contribution < -0.4 is 15.2 Å². The molecule has 72 valence electrons. The van der Waals surface area contributed by atoms with Crippen molar-refractivity contribution in [2.75, 3.05) is 13.7 Å². The van der Waals surface area contributed by atoms with Crippen LogP contribution in [0.15, 0.2) is 12.4 Å². The van der Waals surface area contributed by atoms with Gasteiger partial charge in [-0.25, -0.2) is 0 Å². The van der Waals surface area contributed by atoms with Gasteiger partial charge in [0.25, 0.3) is 0 Å². The van der Waals surface area contributed by atoms with Crippen molar-refractivity contribution in [1.29, 1.82) is 0 Å². The average molecular weight is 183 g/mol. The number of ether oxygens (including phenoxy) is 2. The predicted octanol–water partition coefficient (Wildman–Crippen LogP) is 0.211. The lowest BCUT2D eigenvalue weighted by Crippen LogP contribution is -2.24. The van der Waals surface area contributed by atoms with Gasteiger partial charge in [0.2, 0.25) is 0 Å². The van der Waals surface area contributed by atoms with E-state index in [-0.39, 0.29) is 6.04 Å². The third-order valence-electron chi connectivity index (χ3n) is 1.32. The highest BCUT2D eigenvalue weighted by Crippen LogP contribution is 2.08. The fourth-order valence-electron chi connectivity index (χ4n) is 0.690. The van der Waals surface area contributed by atoms with Crippen LogP contribution in [0.1, 0.15) is 6.92 Å². The number of methoxy groups -OCH3 is 1. The molecule has 0 saturated heterocycles. The Balaban J connectivity index is 2.49. The summed E-state index contributed by atoms with van der Waals surface area (Å²) in [7, 11) is 1.56. The van der Waals surface area contributed by atoms with Gasteiger partial charge < -0.3 is 15.2 Å². The van der Waals surface area contributed by atoms with Crippen LogP contribution in [-0.2, 0) is 0 Å². The van der Waals surface area contributed by atoms with Crippen molar-refractivity contribution in [3.63, 3.8) is 0 Å². The number of nitrogens with two attached hydrogens (primary N) is 1. The molecule has 13 heavy (non-hydrogen) atoms. The first-order valence-corrected chi connectivity index (χ1v) is 3.97. The minimum atomic E-state index is -0.0225. The lowest BCUT2D eigenvalue weighted by atomic mass is 10.4.